The van der Waals surface area contributed by atoms with E-state index in [1.807, 2.05) is 49.4 Å². The van der Waals surface area contributed by atoms with E-state index in [2.05, 4.69) is 24.2 Å². The molecule has 0 aliphatic carbocycles. The molecule has 192 valence electrons. The summed E-state index contributed by atoms with van der Waals surface area (Å²) in [5.41, 5.74) is 5.73. The Hall–Kier alpha value is -4.79. The van der Waals surface area contributed by atoms with Crippen LogP contribution in [0.25, 0.3) is 5.57 Å². The summed E-state index contributed by atoms with van der Waals surface area (Å²) in [4.78, 5) is 17.2. The van der Waals surface area contributed by atoms with Gasteiger partial charge in [0.15, 0.2) is 5.78 Å². The van der Waals surface area contributed by atoms with Crippen LogP contribution >= 0.6 is 0 Å². The van der Waals surface area contributed by atoms with Crippen molar-refractivity contribution >= 4 is 17.6 Å². The van der Waals surface area contributed by atoms with Gasteiger partial charge in [-0.15, -0.1) is 0 Å². The van der Waals surface area contributed by atoms with Gasteiger partial charge in [-0.3, -0.25) is 9.79 Å². The highest BCUT2D eigenvalue weighted by atomic mass is 16.5. The third kappa shape index (κ3) is 4.67. The van der Waals surface area contributed by atoms with E-state index >= 15 is 0 Å². The van der Waals surface area contributed by atoms with E-state index in [0.29, 0.717) is 52.2 Å². The van der Waals surface area contributed by atoms with Gasteiger partial charge in [-0.2, -0.15) is 5.26 Å². The molecule has 5 heteroatoms. The van der Waals surface area contributed by atoms with Gasteiger partial charge >= 0.3 is 0 Å². The molecule has 6 bridgehead atoms. The van der Waals surface area contributed by atoms with Crippen molar-refractivity contribution in [3.8, 4) is 11.8 Å². The van der Waals surface area contributed by atoms with Gasteiger partial charge in [0.05, 0.1) is 12.2 Å². The number of ketones is 1. The number of aliphatic hydroxyl groups is 1. The number of nitrogens with zero attached hydrogens (tertiary/aromatic N) is 2. The number of fused-ring (bicyclic) bond motifs is 6. The van der Waals surface area contributed by atoms with E-state index < -0.39 is 5.60 Å². The molecule has 3 aromatic rings. The third-order valence-corrected chi connectivity index (χ3v) is 7.22. The van der Waals surface area contributed by atoms with Crippen LogP contribution in [0.1, 0.15) is 45.9 Å². The van der Waals surface area contributed by atoms with Crippen LogP contribution in [-0.4, -0.2) is 23.7 Å². The monoisotopic (exact) mass is 512 g/mol. The number of nitriles is 1. The van der Waals surface area contributed by atoms with Crippen molar-refractivity contribution in [1.29, 1.82) is 5.26 Å². The molecule has 0 saturated heterocycles. The number of carbonyl (C=O) groups is 1. The Bertz CT molecular complexity index is 1680. The molecule has 0 saturated carbocycles. The maximum Gasteiger partial charge on any atom is 0.181 e. The number of benzene rings is 3. The number of hydrogen-bond donors (Lipinski definition) is 1. The molecule has 0 radical (unpaired) electrons. The summed E-state index contributed by atoms with van der Waals surface area (Å²) in [7, 11) is 0. The smallest absolute Gasteiger partial charge is 0.181 e. The first-order valence-corrected chi connectivity index (χ1v) is 12.7. The Morgan fingerprint density at radius 2 is 1.92 bits per heavy atom. The van der Waals surface area contributed by atoms with E-state index in [-0.39, 0.29) is 5.78 Å². The quantitative estimate of drug-likeness (QED) is 0.428. The van der Waals surface area contributed by atoms with E-state index in [4.69, 9.17) is 4.74 Å². The molecular weight excluding hydrogens is 484 g/mol. The second-order valence-electron chi connectivity index (χ2n) is 9.91. The van der Waals surface area contributed by atoms with Gasteiger partial charge in [0.25, 0.3) is 0 Å². The normalized spacial score (nSPS) is 19.1. The Morgan fingerprint density at radius 3 is 2.64 bits per heavy atom. The summed E-state index contributed by atoms with van der Waals surface area (Å²) in [6, 6.07) is 21.0. The summed E-state index contributed by atoms with van der Waals surface area (Å²) < 4.78 is 6.10. The molecule has 5 rings (SSSR count). The zero-order valence-corrected chi connectivity index (χ0v) is 22.0. The topological polar surface area (TPSA) is 82.7 Å². The summed E-state index contributed by atoms with van der Waals surface area (Å²) in [6.45, 7) is 11.9. The lowest BCUT2D eigenvalue weighted by molar-refractivity contribution is -0.111. The molecule has 0 aromatic heterocycles. The Balaban J connectivity index is 1.85. The third-order valence-electron chi connectivity index (χ3n) is 7.22. The van der Waals surface area contributed by atoms with Crippen LogP contribution < -0.4 is 4.74 Å². The molecule has 2 aliphatic heterocycles. The van der Waals surface area contributed by atoms with Crippen LogP contribution in [0.3, 0.4) is 0 Å². The predicted octanol–water partition coefficient (Wildman–Crippen LogP) is 6.14. The zero-order valence-electron chi connectivity index (χ0n) is 22.0. The van der Waals surface area contributed by atoms with Crippen LogP contribution in [0.15, 0.2) is 108 Å². The molecule has 0 unspecified atom stereocenters. The predicted molar refractivity (Wildman–Crippen MR) is 154 cm³/mol. The molecule has 0 fully saturated rings. The number of rotatable bonds is 3. The largest absolute Gasteiger partial charge is 0.492 e. The summed E-state index contributed by atoms with van der Waals surface area (Å²) >= 11 is 0. The second kappa shape index (κ2) is 10.2. The van der Waals surface area contributed by atoms with Gasteiger partial charge in [0, 0.05) is 24.4 Å². The minimum atomic E-state index is -1.66. The fourth-order valence-corrected chi connectivity index (χ4v) is 5.00. The Morgan fingerprint density at radius 1 is 1.15 bits per heavy atom. The van der Waals surface area contributed by atoms with Crippen LogP contribution in [0.5, 0.6) is 5.75 Å². The van der Waals surface area contributed by atoms with E-state index in [0.717, 1.165) is 27.8 Å². The van der Waals surface area contributed by atoms with E-state index in [9.17, 15) is 15.2 Å². The Kier molecular flexibility index (Phi) is 6.74. The van der Waals surface area contributed by atoms with Gasteiger partial charge in [-0.05, 0) is 88.2 Å². The molecule has 0 amide bonds. The average Bonchev–Trinajstić information content (AvgIpc) is 3.37. The standard InChI is InChI=1S/C34H28N2O3/c1-21(2)32(37)17-30-25-7-5-6-24(14-25)12-13-39-33-16-28(11-9-26(33)18-35)34(38,31-20-36-19-23(31)4)27-10-8-22(3)29(30)15-27/h5-11,14-17,19-20,38H,1,4,12-13H2,2-3H3/b30-17-/t34-/m0/s1. The minimum absolute atomic E-state index is 0.170. The SMILES string of the molecule is C=C(C)C(=O)/C=C1/c2cccc(c2)CCOc2cc(ccc2C#N)[C@](O)(C2=CN=CC2=C)c2ccc(C)c1c2. The number of allylic oxidation sites excluding steroid dienone is 2. The molecule has 39 heavy (non-hydrogen) atoms. The zero-order chi connectivity index (χ0) is 27.7. The number of aryl methyl sites for hydroxylation is 1. The van der Waals surface area contributed by atoms with Gasteiger partial charge in [0.1, 0.15) is 17.4 Å². The molecule has 1 atom stereocenters. The van der Waals surface area contributed by atoms with Crippen LogP contribution in [-0.2, 0) is 16.8 Å². The maximum atomic E-state index is 12.9. The fraction of sp³-hybridized carbons (Fsp3) is 0.147. The van der Waals surface area contributed by atoms with Gasteiger partial charge in [-0.1, -0.05) is 55.6 Å². The van der Waals surface area contributed by atoms with Gasteiger partial charge in [-0.25, -0.2) is 0 Å². The Labute approximate surface area is 228 Å². The highest BCUT2D eigenvalue weighted by Gasteiger charge is 2.39. The van der Waals surface area contributed by atoms with Crippen LogP contribution in [0, 0.1) is 18.3 Å². The molecule has 1 N–H and O–H groups in total. The summed E-state index contributed by atoms with van der Waals surface area (Å²) in [5, 5.41) is 22.3. The van der Waals surface area contributed by atoms with Crippen molar-refractivity contribution in [1.82, 2.24) is 0 Å². The minimum Gasteiger partial charge on any atom is -0.492 e. The maximum absolute atomic E-state index is 12.9. The second-order valence-corrected chi connectivity index (χ2v) is 9.91. The lowest BCUT2D eigenvalue weighted by Crippen LogP contribution is -2.31. The van der Waals surface area contributed by atoms with Crippen LogP contribution in [0.4, 0.5) is 0 Å². The van der Waals surface area contributed by atoms with Crippen molar-refractivity contribution in [3.05, 3.63) is 142 Å². The van der Waals surface area contributed by atoms with Crippen molar-refractivity contribution < 1.29 is 14.6 Å². The molecular formula is C34H28N2O3. The first-order valence-electron chi connectivity index (χ1n) is 12.7. The molecule has 2 aliphatic rings. The number of aliphatic imine (C=N–C) groups is 1. The molecule has 0 spiro atoms. The number of carbonyl (C=O) groups excluding carboxylic acids is 1. The summed E-state index contributed by atoms with van der Waals surface area (Å²) in [5.74, 6) is 0.226. The van der Waals surface area contributed by atoms with Crippen molar-refractivity contribution in [3.63, 3.8) is 0 Å². The van der Waals surface area contributed by atoms with Gasteiger partial charge in [0.2, 0.25) is 0 Å². The number of hydrogen-bond acceptors (Lipinski definition) is 5. The van der Waals surface area contributed by atoms with Gasteiger partial charge < -0.3 is 9.84 Å². The average molecular weight is 513 g/mol. The molecule has 2 heterocycles. The van der Waals surface area contributed by atoms with Crippen molar-refractivity contribution in [2.45, 2.75) is 25.9 Å². The number of ether oxygens (including phenoxy) is 1. The first-order chi connectivity index (χ1) is 18.7. The van der Waals surface area contributed by atoms with E-state index in [1.165, 1.54) is 0 Å². The van der Waals surface area contributed by atoms with Crippen molar-refractivity contribution in [2.75, 3.05) is 6.61 Å². The van der Waals surface area contributed by atoms with Crippen molar-refractivity contribution in [2.24, 2.45) is 4.99 Å². The lowest BCUT2D eigenvalue weighted by atomic mass is 9.76. The molecule has 3 aromatic carbocycles. The lowest BCUT2D eigenvalue weighted by Gasteiger charge is -2.32. The molecule has 5 nitrogen and oxygen atoms in total. The highest BCUT2D eigenvalue weighted by Crippen LogP contribution is 2.44. The fourth-order valence-electron chi connectivity index (χ4n) is 5.00. The van der Waals surface area contributed by atoms with E-state index in [1.54, 1.807) is 43.6 Å². The summed E-state index contributed by atoms with van der Waals surface area (Å²) in [6.07, 6.45) is 5.42. The van der Waals surface area contributed by atoms with Crippen LogP contribution in [0.2, 0.25) is 0 Å². The first kappa shape index (κ1) is 25.8. The highest BCUT2D eigenvalue weighted by molar-refractivity contribution is 6.09.